The molecule has 0 spiro atoms. The number of carbonyl (C=O) groups is 2. The van der Waals surface area contributed by atoms with E-state index < -0.39 is 18.1 Å². The van der Waals surface area contributed by atoms with E-state index in [9.17, 15) is 14.7 Å². The van der Waals surface area contributed by atoms with Gasteiger partial charge in [0.15, 0.2) is 0 Å². The Morgan fingerprint density at radius 2 is 1.65 bits per heavy atom. The molecule has 0 fully saturated rings. The van der Waals surface area contributed by atoms with Crippen LogP contribution in [0.2, 0.25) is 0 Å². The van der Waals surface area contributed by atoms with Crippen LogP contribution in [0.1, 0.15) is 33.9 Å². The van der Waals surface area contributed by atoms with Crippen LogP contribution in [0.3, 0.4) is 0 Å². The molecule has 1 amide bonds. The van der Waals surface area contributed by atoms with Gasteiger partial charge in [0, 0.05) is 28.9 Å². The summed E-state index contributed by atoms with van der Waals surface area (Å²) in [4.78, 5) is 27.9. The summed E-state index contributed by atoms with van der Waals surface area (Å²) in [6.07, 6.45) is -0.572. The summed E-state index contributed by atoms with van der Waals surface area (Å²) in [6, 6.07) is 21.1. The molecule has 1 atom stereocenters. The lowest BCUT2D eigenvalue weighted by molar-refractivity contribution is -0.139. The third-order valence-corrected chi connectivity index (χ3v) is 6.62. The number of aryl methyl sites for hydroxylation is 2. The van der Waals surface area contributed by atoms with Crippen LogP contribution in [-0.2, 0) is 16.0 Å². The zero-order chi connectivity index (χ0) is 23.8. The minimum Gasteiger partial charge on any atom is -0.480 e. The van der Waals surface area contributed by atoms with Crippen LogP contribution < -0.4 is 5.32 Å². The molecule has 1 aliphatic carbocycles. The SMILES string of the molecule is Cc1ccc2[nH]c(C)c(CC(NC(=O)OCC3c4ccccc4-c4ccccc43)C(=O)O)c2c1. The van der Waals surface area contributed by atoms with Gasteiger partial charge in [0.25, 0.3) is 0 Å². The van der Waals surface area contributed by atoms with Gasteiger partial charge in [0.2, 0.25) is 0 Å². The van der Waals surface area contributed by atoms with E-state index in [0.717, 1.165) is 50.0 Å². The fourth-order valence-corrected chi connectivity index (χ4v) is 4.95. The van der Waals surface area contributed by atoms with E-state index in [-0.39, 0.29) is 18.9 Å². The topological polar surface area (TPSA) is 91.4 Å². The molecule has 0 radical (unpaired) electrons. The Bertz CT molecular complexity index is 1360. The summed E-state index contributed by atoms with van der Waals surface area (Å²) in [7, 11) is 0. The van der Waals surface area contributed by atoms with E-state index in [4.69, 9.17) is 4.74 Å². The average Bonchev–Trinajstić information content (AvgIpc) is 3.31. The lowest BCUT2D eigenvalue weighted by Gasteiger charge is -2.18. The molecule has 6 heteroatoms. The number of carboxylic acids is 1. The lowest BCUT2D eigenvalue weighted by Crippen LogP contribution is -2.43. The van der Waals surface area contributed by atoms with E-state index in [2.05, 4.69) is 22.4 Å². The molecule has 1 aliphatic rings. The molecule has 34 heavy (non-hydrogen) atoms. The number of H-pyrrole nitrogens is 1. The van der Waals surface area contributed by atoms with Crippen molar-refractivity contribution in [3.8, 4) is 11.1 Å². The van der Waals surface area contributed by atoms with Crippen molar-refractivity contribution in [2.24, 2.45) is 0 Å². The van der Waals surface area contributed by atoms with Gasteiger partial charge in [-0.25, -0.2) is 9.59 Å². The molecule has 5 rings (SSSR count). The molecule has 0 bridgehead atoms. The molecule has 0 aliphatic heterocycles. The van der Waals surface area contributed by atoms with Crippen molar-refractivity contribution < 1.29 is 19.4 Å². The lowest BCUT2D eigenvalue weighted by atomic mass is 9.98. The van der Waals surface area contributed by atoms with E-state index in [1.807, 2.05) is 68.4 Å². The minimum absolute atomic E-state index is 0.0831. The van der Waals surface area contributed by atoms with Gasteiger partial charge < -0.3 is 20.1 Å². The maximum Gasteiger partial charge on any atom is 0.407 e. The summed E-state index contributed by atoms with van der Waals surface area (Å²) in [5.41, 5.74) is 8.30. The number of hydrogen-bond acceptors (Lipinski definition) is 3. The molecule has 3 aromatic carbocycles. The highest BCUT2D eigenvalue weighted by Gasteiger charge is 2.30. The molecule has 3 N–H and O–H groups in total. The molecule has 1 unspecified atom stereocenters. The molecular weight excluding hydrogens is 428 g/mol. The summed E-state index contributed by atoms with van der Waals surface area (Å²) < 4.78 is 5.56. The van der Waals surface area contributed by atoms with Crippen LogP contribution >= 0.6 is 0 Å². The fourth-order valence-electron chi connectivity index (χ4n) is 4.95. The van der Waals surface area contributed by atoms with Crippen molar-refractivity contribution in [1.82, 2.24) is 10.3 Å². The van der Waals surface area contributed by atoms with Crippen LogP contribution in [0, 0.1) is 13.8 Å². The Balaban J connectivity index is 1.31. The van der Waals surface area contributed by atoms with Gasteiger partial charge in [0.05, 0.1) is 0 Å². The summed E-state index contributed by atoms with van der Waals surface area (Å²) in [5.74, 6) is -1.19. The number of ether oxygens (including phenoxy) is 1. The second-order valence-electron chi connectivity index (χ2n) is 8.84. The highest BCUT2D eigenvalue weighted by atomic mass is 16.5. The first-order valence-corrected chi connectivity index (χ1v) is 11.3. The number of carboxylic acid groups (broad SMARTS) is 1. The number of aromatic nitrogens is 1. The van der Waals surface area contributed by atoms with Crippen molar-refractivity contribution in [2.75, 3.05) is 6.61 Å². The van der Waals surface area contributed by atoms with E-state index in [1.165, 1.54) is 0 Å². The summed E-state index contributed by atoms with van der Waals surface area (Å²) in [5, 5.41) is 13.3. The highest BCUT2D eigenvalue weighted by molar-refractivity contribution is 5.87. The zero-order valence-corrected chi connectivity index (χ0v) is 19.1. The smallest absolute Gasteiger partial charge is 0.407 e. The zero-order valence-electron chi connectivity index (χ0n) is 19.1. The van der Waals surface area contributed by atoms with Crippen LogP contribution in [0.15, 0.2) is 66.7 Å². The van der Waals surface area contributed by atoms with E-state index in [0.29, 0.717) is 0 Å². The Morgan fingerprint density at radius 3 is 2.29 bits per heavy atom. The van der Waals surface area contributed by atoms with Crippen molar-refractivity contribution in [1.29, 1.82) is 0 Å². The van der Waals surface area contributed by atoms with Crippen molar-refractivity contribution in [3.63, 3.8) is 0 Å². The molecular formula is C28H26N2O4. The number of carbonyl (C=O) groups excluding carboxylic acids is 1. The van der Waals surface area contributed by atoms with Crippen LogP contribution in [0.4, 0.5) is 4.79 Å². The first-order chi connectivity index (χ1) is 16.4. The number of benzene rings is 3. The maximum absolute atomic E-state index is 12.7. The van der Waals surface area contributed by atoms with Crippen LogP contribution in [-0.4, -0.2) is 34.8 Å². The number of fused-ring (bicyclic) bond motifs is 4. The minimum atomic E-state index is -1.10. The standard InChI is InChI=1S/C28H26N2O4/c1-16-11-12-25-23(13-16)22(17(2)29-25)14-26(27(31)32)30-28(33)34-15-24-20-9-5-3-7-18(20)19-8-4-6-10-21(19)24/h3-13,24,26,29H,14-15H2,1-2H3,(H,30,33)(H,31,32). The van der Waals surface area contributed by atoms with Crippen molar-refractivity contribution in [2.45, 2.75) is 32.2 Å². The van der Waals surface area contributed by atoms with Gasteiger partial charge in [0.1, 0.15) is 12.6 Å². The number of hydrogen-bond donors (Lipinski definition) is 3. The quantitative estimate of drug-likeness (QED) is 0.368. The maximum atomic E-state index is 12.7. The van der Waals surface area contributed by atoms with E-state index >= 15 is 0 Å². The highest BCUT2D eigenvalue weighted by Crippen LogP contribution is 2.44. The monoisotopic (exact) mass is 454 g/mol. The number of rotatable bonds is 6. The Morgan fingerprint density at radius 1 is 1.00 bits per heavy atom. The van der Waals surface area contributed by atoms with Crippen LogP contribution in [0.25, 0.3) is 22.0 Å². The second-order valence-corrected chi connectivity index (χ2v) is 8.84. The predicted octanol–water partition coefficient (Wildman–Crippen LogP) is 5.32. The largest absolute Gasteiger partial charge is 0.480 e. The van der Waals surface area contributed by atoms with Crippen LogP contribution in [0.5, 0.6) is 0 Å². The number of amides is 1. The van der Waals surface area contributed by atoms with Gasteiger partial charge in [-0.2, -0.15) is 0 Å². The fraction of sp³-hybridized carbons (Fsp3) is 0.214. The Labute approximate surface area is 197 Å². The average molecular weight is 455 g/mol. The van der Waals surface area contributed by atoms with Crippen molar-refractivity contribution in [3.05, 3.63) is 94.7 Å². The van der Waals surface area contributed by atoms with Gasteiger partial charge in [-0.15, -0.1) is 0 Å². The predicted molar refractivity (Wildman–Crippen MR) is 131 cm³/mol. The number of aromatic amines is 1. The molecule has 4 aromatic rings. The van der Waals surface area contributed by atoms with Crippen molar-refractivity contribution >= 4 is 23.0 Å². The van der Waals surface area contributed by atoms with Gasteiger partial charge in [-0.1, -0.05) is 60.2 Å². The Hall–Kier alpha value is -4.06. The molecule has 172 valence electrons. The van der Waals surface area contributed by atoms with E-state index in [1.54, 1.807) is 0 Å². The number of alkyl carbamates (subject to hydrolysis) is 1. The molecule has 0 saturated carbocycles. The molecule has 1 aromatic heterocycles. The third-order valence-electron chi connectivity index (χ3n) is 6.62. The normalized spacial score (nSPS) is 13.4. The molecule has 0 saturated heterocycles. The number of aliphatic carboxylic acids is 1. The summed E-state index contributed by atoms with van der Waals surface area (Å²) >= 11 is 0. The first-order valence-electron chi connectivity index (χ1n) is 11.3. The first kappa shape index (κ1) is 21.8. The van der Waals surface area contributed by atoms with Gasteiger partial charge in [-0.05, 0) is 53.8 Å². The Kier molecular flexibility index (Phi) is 5.57. The third kappa shape index (κ3) is 3.92. The second kappa shape index (κ2) is 8.71. The number of nitrogens with one attached hydrogen (secondary N) is 2. The van der Waals surface area contributed by atoms with Gasteiger partial charge in [-0.3, -0.25) is 0 Å². The molecule has 1 heterocycles. The molecule has 6 nitrogen and oxygen atoms in total. The van der Waals surface area contributed by atoms with Gasteiger partial charge >= 0.3 is 12.1 Å². The summed E-state index contributed by atoms with van der Waals surface area (Å²) in [6.45, 7) is 4.05.